The quantitative estimate of drug-likeness (QED) is 0.671. The Hall–Kier alpha value is -3.74. The fourth-order valence-corrected chi connectivity index (χ4v) is 2.85. The molecule has 148 valence electrons. The van der Waals surface area contributed by atoms with E-state index in [4.69, 9.17) is 5.11 Å². The molecule has 2 aromatic heterocycles. The molecule has 3 rings (SSSR count). The van der Waals surface area contributed by atoms with Crippen molar-refractivity contribution < 1.29 is 14.7 Å². The van der Waals surface area contributed by atoms with E-state index in [1.165, 1.54) is 18.3 Å². The second-order valence-corrected chi connectivity index (χ2v) is 6.97. The number of pyridine rings is 2. The topological polar surface area (TPSA) is 101 Å². The molecule has 0 fully saturated rings. The Kier molecular flexibility index (Phi) is 5.87. The molecule has 0 bridgehead atoms. The number of nitrogens with zero attached hydrogens (tertiary/aromatic N) is 2. The van der Waals surface area contributed by atoms with Gasteiger partial charge in [-0.1, -0.05) is 26.0 Å². The van der Waals surface area contributed by atoms with Gasteiger partial charge >= 0.3 is 5.97 Å². The molecule has 0 unspecified atom stereocenters. The number of carbonyl (C=O) groups excluding carboxylic acids is 1. The van der Waals surface area contributed by atoms with Crippen molar-refractivity contribution in [2.45, 2.75) is 26.3 Å². The zero-order chi connectivity index (χ0) is 21.0. The lowest BCUT2D eigenvalue weighted by atomic mass is 9.99. The number of hydrogen-bond acceptors (Lipinski definition) is 4. The first-order valence-corrected chi connectivity index (χ1v) is 9.12. The average Bonchev–Trinajstić information content (AvgIpc) is 2.70. The van der Waals surface area contributed by atoms with Crippen molar-refractivity contribution in [2.75, 3.05) is 5.32 Å². The van der Waals surface area contributed by atoms with Gasteiger partial charge in [0.1, 0.15) is 6.54 Å². The number of carbonyl (C=O) groups is 2. The van der Waals surface area contributed by atoms with Gasteiger partial charge in [0.2, 0.25) is 0 Å². The molecule has 0 aliphatic heterocycles. The van der Waals surface area contributed by atoms with Crippen LogP contribution in [0.25, 0.3) is 11.1 Å². The molecule has 29 heavy (non-hydrogen) atoms. The number of rotatable bonds is 6. The number of aliphatic carboxylic acids is 1. The third-order valence-electron chi connectivity index (χ3n) is 4.43. The molecule has 1 amide bonds. The van der Waals surface area contributed by atoms with E-state index in [-0.39, 0.29) is 5.91 Å². The van der Waals surface area contributed by atoms with Crippen LogP contribution in [0.1, 0.15) is 35.7 Å². The minimum absolute atomic E-state index is 0.338. The van der Waals surface area contributed by atoms with Crippen molar-refractivity contribution in [3.05, 3.63) is 82.5 Å². The molecule has 0 spiro atoms. The normalized spacial score (nSPS) is 10.7. The van der Waals surface area contributed by atoms with Gasteiger partial charge in [0, 0.05) is 35.8 Å². The Morgan fingerprint density at radius 2 is 1.90 bits per heavy atom. The monoisotopic (exact) mass is 391 g/mol. The fraction of sp³-hybridized carbons (Fsp3) is 0.182. The van der Waals surface area contributed by atoms with Crippen molar-refractivity contribution in [2.24, 2.45) is 0 Å². The van der Waals surface area contributed by atoms with Crippen LogP contribution in [-0.2, 0) is 11.3 Å². The van der Waals surface area contributed by atoms with E-state index in [9.17, 15) is 14.4 Å². The molecular formula is C22H21N3O4. The molecule has 7 heteroatoms. The lowest BCUT2D eigenvalue weighted by Crippen LogP contribution is -2.24. The van der Waals surface area contributed by atoms with Gasteiger partial charge in [-0.25, -0.2) is 0 Å². The highest BCUT2D eigenvalue weighted by Crippen LogP contribution is 2.24. The van der Waals surface area contributed by atoms with Crippen LogP contribution in [0.15, 0.2) is 65.8 Å². The van der Waals surface area contributed by atoms with Crippen LogP contribution in [0, 0.1) is 0 Å². The summed E-state index contributed by atoms with van der Waals surface area (Å²) in [6.07, 6.45) is 4.90. The highest BCUT2D eigenvalue weighted by molar-refractivity contribution is 6.04. The third-order valence-corrected chi connectivity index (χ3v) is 4.43. The second-order valence-electron chi connectivity index (χ2n) is 6.97. The number of nitrogens with one attached hydrogen (secondary N) is 1. The molecule has 0 saturated heterocycles. The average molecular weight is 391 g/mol. The Morgan fingerprint density at radius 1 is 1.10 bits per heavy atom. The van der Waals surface area contributed by atoms with E-state index in [0.29, 0.717) is 17.2 Å². The van der Waals surface area contributed by atoms with Crippen molar-refractivity contribution in [3.8, 4) is 11.1 Å². The summed E-state index contributed by atoms with van der Waals surface area (Å²) in [5, 5.41) is 11.6. The minimum atomic E-state index is -1.14. The van der Waals surface area contributed by atoms with Crippen molar-refractivity contribution in [1.82, 2.24) is 9.55 Å². The third kappa shape index (κ3) is 4.95. The van der Waals surface area contributed by atoms with Crippen molar-refractivity contribution >= 4 is 17.6 Å². The summed E-state index contributed by atoms with van der Waals surface area (Å²) in [7, 11) is 0. The first-order valence-electron chi connectivity index (χ1n) is 9.12. The van der Waals surface area contributed by atoms with Gasteiger partial charge in [-0.05, 0) is 41.3 Å². The standard InChI is InChI=1S/C22H21N3O4/c1-14(2)17-9-18(11-23-10-17)15-4-3-5-16(8-15)22(29)24-19-6-7-20(26)25(12-19)13-21(27)28/h3-12,14H,13H2,1-2H3,(H,24,29)(H,27,28). The van der Waals surface area contributed by atoms with Crippen LogP contribution in [0.3, 0.4) is 0 Å². The molecule has 0 saturated carbocycles. The number of aromatic nitrogens is 2. The summed E-state index contributed by atoms with van der Waals surface area (Å²) in [6, 6.07) is 11.9. The van der Waals surface area contributed by atoms with Gasteiger partial charge in [-0.15, -0.1) is 0 Å². The van der Waals surface area contributed by atoms with Gasteiger partial charge < -0.3 is 15.0 Å². The minimum Gasteiger partial charge on any atom is -0.480 e. The largest absolute Gasteiger partial charge is 0.480 e. The maximum Gasteiger partial charge on any atom is 0.323 e. The second kappa shape index (κ2) is 8.52. The van der Waals surface area contributed by atoms with Crippen LogP contribution in [0.4, 0.5) is 5.69 Å². The number of benzene rings is 1. The predicted molar refractivity (Wildman–Crippen MR) is 110 cm³/mol. The van der Waals surface area contributed by atoms with Crippen LogP contribution in [0.5, 0.6) is 0 Å². The van der Waals surface area contributed by atoms with E-state index >= 15 is 0 Å². The molecule has 0 atom stereocenters. The van der Waals surface area contributed by atoms with Crippen molar-refractivity contribution in [3.63, 3.8) is 0 Å². The molecule has 0 aliphatic rings. The summed E-state index contributed by atoms with van der Waals surface area (Å²) in [5.41, 5.74) is 3.21. The van der Waals surface area contributed by atoms with Crippen LogP contribution < -0.4 is 10.9 Å². The summed E-state index contributed by atoms with van der Waals surface area (Å²) in [4.78, 5) is 39.5. The molecule has 3 aromatic rings. The van der Waals surface area contributed by atoms with Crippen LogP contribution in [-0.4, -0.2) is 26.5 Å². The summed E-state index contributed by atoms with van der Waals surface area (Å²) < 4.78 is 1.03. The van der Waals surface area contributed by atoms with Gasteiger partial charge in [0.25, 0.3) is 11.5 Å². The van der Waals surface area contributed by atoms with E-state index in [2.05, 4.69) is 30.2 Å². The molecule has 0 radical (unpaired) electrons. The number of amides is 1. The lowest BCUT2D eigenvalue weighted by Gasteiger charge is -2.10. The fourth-order valence-electron chi connectivity index (χ4n) is 2.85. The number of hydrogen-bond donors (Lipinski definition) is 2. The Balaban J connectivity index is 1.84. The lowest BCUT2D eigenvalue weighted by molar-refractivity contribution is -0.137. The molecule has 2 heterocycles. The first kappa shape index (κ1) is 20.0. The predicted octanol–water partition coefficient (Wildman–Crippen LogP) is 3.37. The maximum absolute atomic E-state index is 12.7. The summed E-state index contributed by atoms with van der Waals surface area (Å²) >= 11 is 0. The summed E-state index contributed by atoms with van der Waals surface area (Å²) in [5.74, 6) is -1.16. The highest BCUT2D eigenvalue weighted by Gasteiger charge is 2.10. The van der Waals surface area contributed by atoms with Crippen LogP contribution >= 0.6 is 0 Å². The maximum atomic E-state index is 12.7. The Morgan fingerprint density at radius 3 is 2.62 bits per heavy atom. The zero-order valence-electron chi connectivity index (χ0n) is 16.1. The van der Waals surface area contributed by atoms with Gasteiger partial charge in [-0.2, -0.15) is 0 Å². The molecule has 7 nitrogen and oxygen atoms in total. The van der Waals surface area contributed by atoms with E-state index in [1.807, 2.05) is 12.3 Å². The van der Waals surface area contributed by atoms with Crippen molar-refractivity contribution in [1.29, 1.82) is 0 Å². The number of carboxylic acid groups (broad SMARTS) is 1. The van der Waals surface area contributed by atoms with E-state index in [0.717, 1.165) is 21.3 Å². The summed E-state index contributed by atoms with van der Waals surface area (Å²) in [6.45, 7) is 3.71. The van der Waals surface area contributed by atoms with Gasteiger partial charge in [0.05, 0.1) is 5.69 Å². The smallest absolute Gasteiger partial charge is 0.323 e. The Labute approximate surface area is 167 Å². The first-order chi connectivity index (χ1) is 13.8. The molecular weight excluding hydrogens is 370 g/mol. The molecule has 1 aromatic carbocycles. The zero-order valence-corrected chi connectivity index (χ0v) is 16.1. The Bertz CT molecular complexity index is 1120. The van der Waals surface area contributed by atoms with E-state index in [1.54, 1.807) is 24.4 Å². The highest BCUT2D eigenvalue weighted by atomic mass is 16.4. The van der Waals surface area contributed by atoms with Gasteiger partial charge in [-0.3, -0.25) is 19.4 Å². The van der Waals surface area contributed by atoms with Gasteiger partial charge in [0.15, 0.2) is 0 Å². The number of anilines is 1. The van der Waals surface area contributed by atoms with E-state index < -0.39 is 18.1 Å². The SMILES string of the molecule is CC(C)c1cncc(-c2cccc(C(=O)Nc3ccc(=O)n(CC(=O)O)c3)c2)c1. The number of carboxylic acids is 1. The van der Waals surface area contributed by atoms with Crippen LogP contribution in [0.2, 0.25) is 0 Å². The molecule has 0 aliphatic carbocycles. The molecule has 2 N–H and O–H groups in total.